The van der Waals surface area contributed by atoms with E-state index in [0.717, 1.165) is 11.8 Å². The van der Waals surface area contributed by atoms with E-state index in [1.54, 1.807) is 122 Å². The zero-order valence-corrected chi connectivity index (χ0v) is 74.1. The summed E-state index contributed by atoms with van der Waals surface area (Å²) in [5.41, 5.74) is 18.6. The summed E-state index contributed by atoms with van der Waals surface area (Å²) in [4.78, 5) is 273. The predicted octanol–water partition coefficient (Wildman–Crippen LogP) is -4.19. The summed E-state index contributed by atoms with van der Waals surface area (Å²) < 4.78 is 0. The second-order valence-corrected chi connectivity index (χ2v) is 35.0. The third-order valence-electron chi connectivity index (χ3n) is 21.8. The van der Waals surface area contributed by atoms with Gasteiger partial charge in [-0.15, -0.1) is 0 Å². The van der Waals surface area contributed by atoms with Gasteiger partial charge in [0.1, 0.15) is 84.6 Å². The van der Waals surface area contributed by atoms with Gasteiger partial charge in [-0.3, -0.25) is 101 Å². The minimum Gasteiger partial charge on any atom is -0.481 e. The molecular weight excluding hydrogens is 1700 g/mol. The Balaban J connectivity index is 1.39. The number of hydrogen-bond acceptors (Lipinski definition) is 24. The Morgan fingerprint density at radius 1 is 0.504 bits per heavy atom. The quantitative estimate of drug-likeness (QED) is 0.0399. The van der Waals surface area contributed by atoms with E-state index in [1.165, 1.54) is 41.5 Å². The number of amides is 16. The molecule has 702 valence electrons. The minimum atomic E-state index is -2.06. The minimum absolute atomic E-state index is 0.0469. The molecule has 2 heterocycles. The zero-order chi connectivity index (χ0) is 95.4. The monoisotopic (exact) mass is 1820 g/mol. The van der Waals surface area contributed by atoms with E-state index < -0.39 is 253 Å². The standard InChI is InChI=1S/C86H119N19O23S/c1-10-17-54-75(118)98-60(35-68(110)111)81(124)95-56(31-46-18-12-11-13-19-46)78(121)97-58(33-52-24-26-65(52)106)79(122)99-61(36-69(112)113)82(125)103-70(86(5,6)7)85(128)100-62(71(89)114)39-104(8)37-47-28-48-30-49(29-47)41-129-42-64(84(127)92-54)102-74(117)45(4)90-77(120)57(32-51-22-16-21-50-20-14-15-23-53(50)51)96-76(119)55(25-27-67(108)109)93-80(123)59(34-66(88)107)94-73(116)44(3)91-83(126)63(40-105(9)38-48)101-72(115)43(2)87/h11-16,18-23,28-30,43-45,52,54-65,70,106H,10,17,24-27,31-42,87H2,1-9H3,(H2,88,107)(H2,89,114)(H,90,120)(H,91,126)(H,92,127)(H,93,123)(H,94,116)(H,95,124)(H,96,119)(H,97,121)(H,98,118)(H,99,122)(H,100,128)(H,101,115)(H,102,117)(H,103,125)(H,108,109)(H,110,111)(H,112,113)/t43-,44+,45+,52?,54-,55-,56-,57-,58-,59-,60-,61-,62-,63-,64+,65-,70+/m0/s1. The van der Waals surface area contributed by atoms with Crippen molar-refractivity contribution in [3.05, 3.63) is 119 Å². The number of primary amides is 2. The van der Waals surface area contributed by atoms with Crippen LogP contribution >= 0.6 is 11.8 Å². The lowest BCUT2D eigenvalue weighted by molar-refractivity contribution is -0.143. The molecule has 1 saturated carbocycles. The third kappa shape index (κ3) is 32.5. The van der Waals surface area contributed by atoms with Crippen LogP contribution in [0.2, 0.25) is 0 Å². The largest absolute Gasteiger partial charge is 0.481 e. The molecule has 0 spiro atoms. The van der Waals surface area contributed by atoms with Crippen LogP contribution in [0.5, 0.6) is 0 Å². The van der Waals surface area contributed by atoms with E-state index in [2.05, 4.69) is 74.4 Å². The van der Waals surface area contributed by atoms with Crippen molar-refractivity contribution in [3.8, 4) is 0 Å². The van der Waals surface area contributed by atoms with Gasteiger partial charge in [-0.1, -0.05) is 125 Å². The number of nitrogens with two attached hydrogens (primary N) is 3. The van der Waals surface area contributed by atoms with Crippen molar-refractivity contribution in [2.45, 2.75) is 241 Å². The molecule has 0 radical (unpaired) electrons. The molecule has 129 heavy (non-hydrogen) atoms. The van der Waals surface area contributed by atoms with Gasteiger partial charge in [0.2, 0.25) is 94.5 Å². The molecule has 2 aliphatic heterocycles. The Morgan fingerprint density at radius 2 is 0.977 bits per heavy atom. The summed E-state index contributed by atoms with van der Waals surface area (Å²) >= 11 is 1.03. The van der Waals surface area contributed by atoms with Crippen LogP contribution in [0.25, 0.3) is 10.8 Å². The molecule has 16 amide bonds. The highest BCUT2D eigenvalue weighted by atomic mass is 32.2. The number of thioether (sulfide) groups is 1. The average Bonchev–Trinajstić information content (AvgIpc) is 0.842. The van der Waals surface area contributed by atoms with Gasteiger partial charge in [-0.25, -0.2) is 0 Å². The van der Waals surface area contributed by atoms with E-state index in [1.807, 2.05) is 0 Å². The third-order valence-corrected chi connectivity index (χ3v) is 22.9. The normalized spacial score (nSPS) is 26.3. The number of hydrogen-bond donors (Lipinski definition) is 21. The lowest BCUT2D eigenvalue weighted by Gasteiger charge is -2.36. The van der Waals surface area contributed by atoms with Crippen molar-refractivity contribution in [3.63, 3.8) is 0 Å². The van der Waals surface area contributed by atoms with Crippen molar-refractivity contribution >= 4 is 135 Å². The highest BCUT2D eigenvalue weighted by Crippen LogP contribution is 2.32. The van der Waals surface area contributed by atoms with Gasteiger partial charge in [0.05, 0.1) is 31.4 Å². The fourth-order valence-corrected chi connectivity index (χ4v) is 15.7. The second-order valence-electron chi connectivity index (χ2n) is 34.0. The molecule has 24 N–H and O–H groups in total. The molecule has 3 aliphatic rings. The summed E-state index contributed by atoms with van der Waals surface area (Å²) in [7, 11) is 3.12. The van der Waals surface area contributed by atoms with Crippen molar-refractivity contribution in [2.24, 2.45) is 28.5 Å². The molecule has 1 aliphatic carbocycles. The molecule has 1 fully saturated rings. The van der Waals surface area contributed by atoms with Crippen LogP contribution in [-0.2, 0) is 123 Å². The molecule has 0 aromatic heterocycles. The van der Waals surface area contributed by atoms with Gasteiger partial charge in [0.15, 0.2) is 0 Å². The molecule has 1 unspecified atom stereocenters. The number of nitrogens with zero attached hydrogens (tertiary/aromatic N) is 2. The summed E-state index contributed by atoms with van der Waals surface area (Å²) in [6, 6.07) is -0.455. The van der Waals surface area contributed by atoms with Crippen LogP contribution in [0.1, 0.15) is 140 Å². The van der Waals surface area contributed by atoms with Crippen molar-refractivity contribution in [1.82, 2.24) is 84.2 Å². The average molecular weight is 1820 g/mol. The summed E-state index contributed by atoms with van der Waals surface area (Å²) in [6.07, 6.45) is -6.25. The van der Waals surface area contributed by atoms with E-state index in [9.17, 15) is 97.1 Å². The first-order valence-corrected chi connectivity index (χ1v) is 43.4. The topological polar surface area (TPSA) is 658 Å². The van der Waals surface area contributed by atoms with Crippen molar-refractivity contribution < 1.29 is 112 Å². The van der Waals surface area contributed by atoms with Gasteiger partial charge in [-0.2, -0.15) is 11.8 Å². The summed E-state index contributed by atoms with van der Waals surface area (Å²) in [5.74, 6) is -23.6. The molecule has 4 bridgehead atoms. The van der Waals surface area contributed by atoms with E-state index >= 15 is 14.4 Å². The van der Waals surface area contributed by atoms with Crippen LogP contribution in [-0.4, -0.2) is 272 Å². The number of aliphatic hydroxyl groups excluding tert-OH is 1. The molecule has 17 atom stereocenters. The van der Waals surface area contributed by atoms with Crippen LogP contribution in [0.15, 0.2) is 91.0 Å². The Morgan fingerprint density at radius 3 is 1.53 bits per heavy atom. The van der Waals surface area contributed by atoms with Gasteiger partial charge < -0.3 is 112 Å². The maximum Gasteiger partial charge on any atom is 0.305 e. The predicted molar refractivity (Wildman–Crippen MR) is 467 cm³/mol. The Kier molecular flexibility index (Phi) is 38.8. The number of aliphatic carboxylic acids is 3. The smallest absolute Gasteiger partial charge is 0.305 e. The molecule has 7 rings (SSSR count). The van der Waals surface area contributed by atoms with Crippen LogP contribution in [0.3, 0.4) is 0 Å². The second kappa shape index (κ2) is 48.4. The van der Waals surface area contributed by atoms with Gasteiger partial charge in [0, 0.05) is 56.9 Å². The number of rotatable bonds is 20. The number of carbonyl (C=O) groups excluding carboxylic acids is 16. The van der Waals surface area contributed by atoms with Crippen LogP contribution < -0.4 is 91.6 Å². The van der Waals surface area contributed by atoms with Crippen LogP contribution in [0, 0.1) is 11.3 Å². The Hall–Kier alpha value is -12.7. The van der Waals surface area contributed by atoms with Crippen molar-refractivity contribution in [1.29, 1.82) is 0 Å². The highest BCUT2D eigenvalue weighted by Gasteiger charge is 2.43. The number of carbonyl (C=O) groups is 19. The van der Waals surface area contributed by atoms with E-state index in [0.29, 0.717) is 45.0 Å². The van der Waals surface area contributed by atoms with E-state index in [4.69, 9.17) is 17.2 Å². The summed E-state index contributed by atoms with van der Waals surface area (Å²) in [6.45, 7) is 9.12. The number of benzene rings is 4. The highest BCUT2D eigenvalue weighted by molar-refractivity contribution is 7.98. The Labute approximate surface area is 748 Å². The van der Waals surface area contributed by atoms with E-state index in [-0.39, 0.29) is 76.2 Å². The number of aliphatic hydroxyl groups is 1. The maximum absolute atomic E-state index is 15.3. The van der Waals surface area contributed by atoms with Gasteiger partial charge in [-0.05, 0) is 117 Å². The molecular formula is C86H119N19O23S. The lowest BCUT2D eigenvalue weighted by Crippen LogP contribution is -2.63. The first kappa shape index (κ1) is 103. The Bertz CT molecular complexity index is 4780. The number of carboxylic acid groups (broad SMARTS) is 3. The molecule has 4 aromatic rings. The molecule has 0 saturated heterocycles. The number of carboxylic acids is 3. The van der Waals surface area contributed by atoms with Gasteiger partial charge in [0.25, 0.3) is 0 Å². The first-order valence-electron chi connectivity index (χ1n) is 42.2. The number of nitrogens with one attached hydrogen (secondary N) is 14. The molecule has 42 nitrogen and oxygen atoms in total. The number of fused-ring (bicyclic) bond motifs is 6. The maximum atomic E-state index is 15.3. The SMILES string of the molecule is CCC[C@@H]1NC(=O)[C@H]2CSCc3cc(cc(c3)CN(C)C[C@H](NC(=O)[C@H](C)N)C(=O)N[C@H](C)C(=O)N[C@@H](CC(N)=O)C(=O)N[C@@H](CCC(=O)O)C(=O)N[C@@H](Cc3cccc4ccccc34)C(=O)N[C@H](C)C(=O)N2)CN(C)C[C@@H](C(N)=O)NC(=O)[C@H](C(C)(C)C)NC(=O)[C@H](CC(=O)O)NC(=O)[C@H](CC2CC[C@@H]2O)NC(=O)[C@H](Cc2ccccc2)NC(=O)[C@H](CC(=O)O)NC1=O. The fourth-order valence-electron chi connectivity index (χ4n) is 14.7. The van der Waals surface area contributed by atoms with Crippen LogP contribution in [0.4, 0.5) is 0 Å². The summed E-state index contributed by atoms with van der Waals surface area (Å²) in [5, 5.41) is 77.8. The lowest BCUT2D eigenvalue weighted by atomic mass is 9.77. The molecule has 4 aromatic carbocycles. The van der Waals surface area contributed by atoms with Gasteiger partial charge >= 0.3 is 17.9 Å². The zero-order valence-electron chi connectivity index (χ0n) is 73.3. The van der Waals surface area contributed by atoms with Crippen molar-refractivity contribution in [2.75, 3.05) is 32.9 Å². The molecule has 43 heteroatoms. The fraction of sp³-hybridized carbons (Fsp3) is 0.523. The first-order chi connectivity index (χ1) is 60.7. The number of likely N-dealkylation sites (N-methyl/N-ethyl adjacent to an activating group) is 2.